The van der Waals surface area contributed by atoms with Crippen molar-refractivity contribution in [2.45, 2.75) is 19.9 Å². The predicted molar refractivity (Wildman–Crippen MR) is 91.6 cm³/mol. The molecule has 6 nitrogen and oxygen atoms in total. The summed E-state index contributed by atoms with van der Waals surface area (Å²) in [6.45, 7) is 3.25. The standard InChI is InChI=1S/C19H19NO5/c1-10-9-13-12-7-5-6-8-14(12)20(11(2)21)17(13)16(19(23)25-4)15(10)18(22)24-3/h5-10,17H,1-4H3/t10-,17+/m0/s1. The maximum atomic E-state index is 12.6. The van der Waals surface area contributed by atoms with Crippen LogP contribution in [0.2, 0.25) is 0 Å². The van der Waals surface area contributed by atoms with E-state index in [2.05, 4.69) is 0 Å². The smallest absolute Gasteiger partial charge is 0.336 e. The van der Waals surface area contributed by atoms with E-state index in [-0.39, 0.29) is 23.0 Å². The van der Waals surface area contributed by atoms with Crippen molar-refractivity contribution in [2.75, 3.05) is 19.1 Å². The van der Waals surface area contributed by atoms with E-state index in [0.717, 1.165) is 11.1 Å². The minimum atomic E-state index is -0.687. The molecule has 0 unspecified atom stereocenters. The number of methoxy groups -OCH3 is 2. The van der Waals surface area contributed by atoms with Crippen LogP contribution in [0.5, 0.6) is 0 Å². The van der Waals surface area contributed by atoms with Gasteiger partial charge in [-0.1, -0.05) is 31.2 Å². The van der Waals surface area contributed by atoms with Gasteiger partial charge in [-0.2, -0.15) is 0 Å². The molecule has 1 aliphatic carbocycles. The van der Waals surface area contributed by atoms with Gasteiger partial charge in [-0.05, 0) is 11.6 Å². The SMILES string of the molecule is COC(=O)C1=C(C(=O)OC)[C@@H](C)C=C2c3ccccc3N(C(C)=O)[C@H]21. The zero-order valence-electron chi connectivity index (χ0n) is 14.5. The van der Waals surface area contributed by atoms with Gasteiger partial charge in [-0.15, -0.1) is 0 Å². The number of carbonyl (C=O) groups is 3. The minimum Gasteiger partial charge on any atom is -0.466 e. The van der Waals surface area contributed by atoms with E-state index in [4.69, 9.17) is 9.47 Å². The maximum Gasteiger partial charge on any atom is 0.336 e. The van der Waals surface area contributed by atoms with Gasteiger partial charge in [0.15, 0.2) is 0 Å². The van der Waals surface area contributed by atoms with Crippen LogP contribution in [0.3, 0.4) is 0 Å². The first kappa shape index (κ1) is 17.0. The fourth-order valence-electron chi connectivity index (χ4n) is 3.65. The van der Waals surface area contributed by atoms with Crippen LogP contribution in [0.1, 0.15) is 19.4 Å². The highest BCUT2D eigenvalue weighted by Crippen LogP contribution is 2.48. The number of rotatable bonds is 2. The normalized spacial score (nSPS) is 21.3. The molecule has 6 heteroatoms. The summed E-state index contributed by atoms with van der Waals surface area (Å²) in [5.74, 6) is -1.79. The summed E-state index contributed by atoms with van der Waals surface area (Å²) in [6, 6.07) is 6.75. The lowest BCUT2D eigenvalue weighted by atomic mass is 9.80. The van der Waals surface area contributed by atoms with Crippen LogP contribution in [-0.2, 0) is 23.9 Å². The number of hydrogen-bond acceptors (Lipinski definition) is 5. The quantitative estimate of drug-likeness (QED) is 0.770. The highest BCUT2D eigenvalue weighted by molar-refractivity contribution is 6.13. The van der Waals surface area contributed by atoms with Crippen LogP contribution in [0.4, 0.5) is 5.69 Å². The van der Waals surface area contributed by atoms with Gasteiger partial charge in [0.2, 0.25) is 5.91 Å². The number of anilines is 1. The van der Waals surface area contributed by atoms with Crippen LogP contribution in [0.25, 0.3) is 5.57 Å². The Kier molecular flexibility index (Phi) is 4.20. The van der Waals surface area contributed by atoms with Crippen molar-refractivity contribution in [3.05, 3.63) is 47.1 Å². The first-order valence-corrected chi connectivity index (χ1v) is 7.94. The van der Waals surface area contributed by atoms with Gasteiger partial charge in [-0.3, -0.25) is 4.79 Å². The van der Waals surface area contributed by atoms with Gasteiger partial charge in [0.25, 0.3) is 0 Å². The van der Waals surface area contributed by atoms with Crippen molar-refractivity contribution in [1.29, 1.82) is 0 Å². The molecule has 0 saturated carbocycles. The zero-order chi connectivity index (χ0) is 18.3. The average Bonchev–Trinajstić information content (AvgIpc) is 2.93. The number of para-hydroxylation sites is 1. The average molecular weight is 341 g/mol. The molecule has 1 aliphatic heterocycles. The van der Waals surface area contributed by atoms with Crippen molar-refractivity contribution in [1.82, 2.24) is 0 Å². The zero-order valence-corrected chi connectivity index (χ0v) is 14.5. The molecule has 0 saturated heterocycles. The molecule has 0 aromatic heterocycles. The monoisotopic (exact) mass is 341 g/mol. The van der Waals surface area contributed by atoms with Crippen molar-refractivity contribution in [2.24, 2.45) is 5.92 Å². The second kappa shape index (κ2) is 6.20. The maximum absolute atomic E-state index is 12.6. The van der Waals surface area contributed by atoms with Gasteiger partial charge in [0.05, 0.1) is 37.1 Å². The lowest BCUT2D eigenvalue weighted by Crippen LogP contribution is -2.42. The van der Waals surface area contributed by atoms with Crippen LogP contribution in [-0.4, -0.2) is 38.1 Å². The molecule has 1 aromatic carbocycles. The highest BCUT2D eigenvalue weighted by Gasteiger charge is 2.46. The van der Waals surface area contributed by atoms with E-state index in [9.17, 15) is 14.4 Å². The third kappa shape index (κ3) is 2.45. The van der Waals surface area contributed by atoms with Gasteiger partial charge in [-0.25, -0.2) is 9.59 Å². The number of ether oxygens (including phenoxy) is 2. The third-order valence-electron chi connectivity index (χ3n) is 4.63. The molecule has 1 heterocycles. The fraction of sp³-hybridized carbons (Fsp3) is 0.316. The summed E-state index contributed by atoms with van der Waals surface area (Å²) in [5.41, 5.74) is 2.80. The van der Waals surface area contributed by atoms with Crippen LogP contribution in [0, 0.1) is 5.92 Å². The van der Waals surface area contributed by atoms with E-state index in [1.54, 1.807) is 0 Å². The Balaban J connectivity index is 2.30. The number of fused-ring (bicyclic) bond motifs is 3. The first-order valence-electron chi connectivity index (χ1n) is 7.94. The van der Waals surface area contributed by atoms with Crippen LogP contribution >= 0.6 is 0 Å². The molecule has 0 N–H and O–H groups in total. The summed E-state index contributed by atoms with van der Waals surface area (Å²) < 4.78 is 9.80. The summed E-state index contributed by atoms with van der Waals surface area (Å²) in [7, 11) is 2.52. The van der Waals surface area contributed by atoms with Crippen molar-refractivity contribution in [3.8, 4) is 0 Å². The number of nitrogens with zero attached hydrogens (tertiary/aromatic N) is 1. The summed E-state index contributed by atoms with van der Waals surface area (Å²) in [6.07, 6.45) is 1.91. The Morgan fingerprint density at radius 2 is 1.60 bits per heavy atom. The highest BCUT2D eigenvalue weighted by atomic mass is 16.5. The van der Waals surface area contributed by atoms with E-state index in [1.165, 1.54) is 26.0 Å². The first-order chi connectivity index (χ1) is 11.9. The van der Waals surface area contributed by atoms with E-state index in [1.807, 2.05) is 37.3 Å². The molecule has 1 amide bonds. The molecule has 2 atom stereocenters. The van der Waals surface area contributed by atoms with Crippen molar-refractivity contribution >= 4 is 29.1 Å². The Morgan fingerprint density at radius 1 is 1.00 bits per heavy atom. The number of hydrogen-bond donors (Lipinski definition) is 0. The minimum absolute atomic E-state index is 0.158. The lowest BCUT2D eigenvalue weighted by molar-refractivity contribution is -0.140. The molecular weight excluding hydrogens is 322 g/mol. The molecule has 3 rings (SSSR count). The number of benzene rings is 1. The second-order valence-electron chi connectivity index (χ2n) is 6.03. The Morgan fingerprint density at radius 3 is 2.20 bits per heavy atom. The fourth-order valence-corrected chi connectivity index (χ4v) is 3.65. The van der Waals surface area contributed by atoms with Gasteiger partial charge >= 0.3 is 11.9 Å². The van der Waals surface area contributed by atoms with E-state index in [0.29, 0.717) is 5.69 Å². The van der Waals surface area contributed by atoms with Crippen molar-refractivity contribution < 1.29 is 23.9 Å². The van der Waals surface area contributed by atoms with E-state index < -0.39 is 18.0 Å². The van der Waals surface area contributed by atoms with Gasteiger partial charge < -0.3 is 14.4 Å². The van der Waals surface area contributed by atoms with E-state index >= 15 is 0 Å². The summed E-state index contributed by atoms with van der Waals surface area (Å²) in [5, 5.41) is 0. The molecule has 0 fully saturated rings. The number of allylic oxidation sites excluding steroid dienone is 1. The molecule has 1 aromatic rings. The number of amides is 1. The summed E-state index contributed by atoms with van der Waals surface area (Å²) >= 11 is 0. The topological polar surface area (TPSA) is 72.9 Å². The molecule has 25 heavy (non-hydrogen) atoms. The molecule has 0 bridgehead atoms. The Labute approximate surface area is 145 Å². The van der Waals surface area contributed by atoms with Gasteiger partial charge in [0.1, 0.15) is 0 Å². The largest absolute Gasteiger partial charge is 0.466 e. The van der Waals surface area contributed by atoms with Gasteiger partial charge in [0, 0.05) is 18.4 Å². The number of carbonyl (C=O) groups excluding carboxylic acids is 3. The lowest BCUT2D eigenvalue weighted by Gasteiger charge is -2.31. The Hall–Kier alpha value is -2.89. The molecule has 0 spiro atoms. The third-order valence-corrected chi connectivity index (χ3v) is 4.63. The predicted octanol–water partition coefficient (Wildman–Crippen LogP) is 2.10. The van der Waals surface area contributed by atoms with Crippen molar-refractivity contribution in [3.63, 3.8) is 0 Å². The molecule has 0 radical (unpaired) electrons. The second-order valence-corrected chi connectivity index (χ2v) is 6.03. The molecule has 130 valence electrons. The molecular formula is C19H19NO5. The van der Waals surface area contributed by atoms with Crippen LogP contribution in [0.15, 0.2) is 41.5 Å². The Bertz CT molecular complexity index is 836. The van der Waals surface area contributed by atoms with Crippen LogP contribution < -0.4 is 4.90 Å². The summed E-state index contributed by atoms with van der Waals surface area (Å²) in [4.78, 5) is 38.8. The molecule has 2 aliphatic rings. The number of esters is 2.